The maximum atomic E-state index is 13.9. The third-order valence-corrected chi connectivity index (χ3v) is 4.59. The van der Waals surface area contributed by atoms with Gasteiger partial charge in [0.2, 0.25) is 0 Å². The molecule has 2 unspecified atom stereocenters. The summed E-state index contributed by atoms with van der Waals surface area (Å²) in [6.07, 6.45) is 1.69. The van der Waals surface area contributed by atoms with Crippen molar-refractivity contribution in [2.75, 3.05) is 12.5 Å². The Morgan fingerprint density at radius 1 is 1.55 bits per heavy atom. The third kappa shape index (κ3) is 2.36. The van der Waals surface area contributed by atoms with Crippen molar-refractivity contribution in [2.45, 2.75) is 31.9 Å². The normalized spacial score (nSPS) is 22.8. The average molecular weight is 362 g/mol. The summed E-state index contributed by atoms with van der Waals surface area (Å²) >= 11 is 9.08. The van der Waals surface area contributed by atoms with Gasteiger partial charge in [0.25, 0.3) is 0 Å². The molecule has 0 spiro atoms. The van der Waals surface area contributed by atoms with Gasteiger partial charge in [-0.3, -0.25) is 0 Å². The molecule has 1 aromatic carbocycles. The fraction of sp³-hybridized carbons (Fsp3) is 0.500. The topological polar surface area (TPSA) is 27.1 Å². The quantitative estimate of drug-likeness (QED) is 0.771. The number of aryl methyl sites for hydroxylation is 1. The third-order valence-electron chi connectivity index (χ3n) is 3.79. The monoisotopic (exact) mass is 360 g/mol. The Balaban J connectivity index is 2.20. The fourth-order valence-electron chi connectivity index (χ4n) is 2.83. The van der Waals surface area contributed by atoms with Crippen LogP contribution in [0.3, 0.4) is 0 Å². The van der Waals surface area contributed by atoms with E-state index in [1.807, 2.05) is 6.92 Å². The van der Waals surface area contributed by atoms with Crippen LogP contribution in [0.5, 0.6) is 0 Å². The van der Waals surface area contributed by atoms with Crippen molar-refractivity contribution in [3.05, 3.63) is 28.2 Å². The van der Waals surface area contributed by atoms with Crippen LogP contribution in [0, 0.1) is 5.82 Å². The molecule has 20 heavy (non-hydrogen) atoms. The predicted octanol–water partition coefficient (Wildman–Crippen LogP) is 4.07. The van der Waals surface area contributed by atoms with Crippen LogP contribution in [0.1, 0.15) is 25.2 Å². The van der Waals surface area contributed by atoms with Crippen LogP contribution >= 0.6 is 27.5 Å². The number of imidazole rings is 1. The second kappa shape index (κ2) is 5.62. The summed E-state index contributed by atoms with van der Waals surface area (Å²) in [7, 11) is 0. The second-order valence-corrected chi connectivity index (χ2v) is 6.26. The number of benzene rings is 1. The molecular formula is C14H15BrClFN2O. The first-order valence-electron chi connectivity index (χ1n) is 6.65. The fourth-order valence-corrected chi connectivity index (χ4v) is 3.33. The summed E-state index contributed by atoms with van der Waals surface area (Å²) in [6, 6.07) is 3.45. The van der Waals surface area contributed by atoms with Crippen LogP contribution in [0.4, 0.5) is 4.39 Å². The number of rotatable bonds is 3. The molecule has 6 heteroatoms. The lowest BCUT2D eigenvalue weighted by molar-refractivity contribution is 0.108. The number of alkyl halides is 1. The van der Waals surface area contributed by atoms with E-state index in [2.05, 4.69) is 25.5 Å². The van der Waals surface area contributed by atoms with E-state index >= 15 is 0 Å². The Morgan fingerprint density at radius 3 is 3.00 bits per heavy atom. The number of nitrogens with zero attached hydrogens (tertiary/aromatic N) is 2. The van der Waals surface area contributed by atoms with Crippen molar-refractivity contribution in [2.24, 2.45) is 0 Å². The molecule has 0 N–H and O–H groups in total. The average Bonchev–Trinajstić information content (AvgIpc) is 2.94. The van der Waals surface area contributed by atoms with Gasteiger partial charge in [-0.25, -0.2) is 9.37 Å². The first-order valence-corrected chi connectivity index (χ1v) is 7.98. The molecule has 0 saturated carbocycles. The van der Waals surface area contributed by atoms with Gasteiger partial charge in [-0.05, 0) is 35.3 Å². The maximum absolute atomic E-state index is 13.9. The molecule has 108 valence electrons. The lowest BCUT2D eigenvalue weighted by Gasteiger charge is -2.19. The molecule has 1 saturated heterocycles. The standard InChI is InChI=1S/C14H15BrClFN2O/c1-8-12(3-5-20-8)19-13-7-10(17)9(15)6-11(13)18-14(19)2-4-16/h6-8,12H,2-5H2,1H3. The zero-order chi connectivity index (χ0) is 14.3. The molecule has 2 atom stereocenters. The molecule has 1 aliphatic heterocycles. The molecule has 3 nitrogen and oxygen atoms in total. The molecule has 1 aliphatic rings. The first-order chi connectivity index (χ1) is 9.61. The number of fused-ring (bicyclic) bond motifs is 1. The van der Waals surface area contributed by atoms with Crippen LogP contribution in [0.2, 0.25) is 0 Å². The van der Waals surface area contributed by atoms with Gasteiger partial charge in [-0.15, -0.1) is 11.6 Å². The van der Waals surface area contributed by atoms with E-state index < -0.39 is 0 Å². The van der Waals surface area contributed by atoms with Crippen molar-refractivity contribution in [3.63, 3.8) is 0 Å². The van der Waals surface area contributed by atoms with Crippen molar-refractivity contribution < 1.29 is 9.13 Å². The molecule has 0 amide bonds. The largest absolute Gasteiger partial charge is 0.376 e. The smallest absolute Gasteiger partial charge is 0.139 e. The van der Waals surface area contributed by atoms with Gasteiger partial charge in [-0.2, -0.15) is 0 Å². The molecule has 0 radical (unpaired) electrons. The van der Waals surface area contributed by atoms with E-state index in [1.165, 1.54) is 6.07 Å². The number of hydrogen-bond donors (Lipinski definition) is 0. The molecule has 0 aliphatic carbocycles. The highest BCUT2D eigenvalue weighted by Crippen LogP contribution is 2.33. The van der Waals surface area contributed by atoms with Crippen LogP contribution < -0.4 is 0 Å². The zero-order valence-electron chi connectivity index (χ0n) is 11.1. The second-order valence-electron chi connectivity index (χ2n) is 5.02. The highest BCUT2D eigenvalue weighted by molar-refractivity contribution is 9.10. The lowest BCUT2D eigenvalue weighted by atomic mass is 10.1. The number of halogens is 3. The summed E-state index contributed by atoms with van der Waals surface area (Å²) in [5, 5.41) is 0. The molecule has 2 heterocycles. The van der Waals surface area contributed by atoms with E-state index in [4.69, 9.17) is 16.3 Å². The van der Waals surface area contributed by atoms with Gasteiger partial charge in [0.05, 0.1) is 27.7 Å². The zero-order valence-corrected chi connectivity index (χ0v) is 13.4. The van der Waals surface area contributed by atoms with E-state index in [-0.39, 0.29) is 18.0 Å². The lowest BCUT2D eigenvalue weighted by Crippen LogP contribution is -2.19. The summed E-state index contributed by atoms with van der Waals surface area (Å²) < 4.78 is 22.0. The Morgan fingerprint density at radius 2 is 2.35 bits per heavy atom. The van der Waals surface area contributed by atoms with Crippen molar-refractivity contribution >= 4 is 38.6 Å². The van der Waals surface area contributed by atoms with Gasteiger partial charge in [0.1, 0.15) is 11.6 Å². The van der Waals surface area contributed by atoms with E-state index in [0.29, 0.717) is 16.8 Å². The SMILES string of the molecule is CC1OCCC1n1c(CCCl)nc2cc(Br)c(F)cc21. The highest BCUT2D eigenvalue weighted by atomic mass is 79.9. The van der Waals surface area contributed by atoms with Crippen molar-refractivity contribution in [1.29, 1.82) is 0 Å². The van der Waals surface area contributed by atoms with Crippen LogP contribution in [-0.2, 0) is 11.2 Å². The predicted molar refractivity (Wildman–Crippen MR) is 80.9 cm³/mol. The van der Waals surface area contributed by atoms with E-state index in [1.54, 1.807) is 6.07 Å². The Hall–Kier alpha value is -0.650. The minimum absolute atomic E-state index is 0.105. The molecule has 2 aromatic rings. The number of aromatic nitrogens is 2. The van der Waals surface area contributed by atoms with Gasteiger partial charge in [0, 0.05) is 25.0 Å². The summed E-state index contributed by atoms with van der Waals surface area (Å²) in [5.41, 5.74) is 1.60. The summed E-state index contributed by atoms with van der Waals surface area (Å²) in [4.78, 5) is 4.61. The molecule has 3 rings (SSSR count). The van der Waals surface area contributed by atoms with E-state index in [0.717, 1.165) is 29.9 Å². The molecule has 0 bridgehead atoms. The Labute approximate surface area is 130 Å². The van der Waals surface area contributed by atoms with Gasteiger partial charge in [0.15, 0.2) is 0 Å². The highest BCUT2D eigenvalue weighted by Gasteiger charge is 2.29. The summed E-state index contributed by atoms with van der Waals surface area (Å²) in [6.45, 7) is 2.77. The first kappa shape index (κ1) is 14.3. The van der Waals surface area contributed by atoms with Gasteiger partial charge < -0.3 is 9.30 Å². The number of hydrogen-bond acceptors (Lipinski definition) is 2. The van der Waals surface area contributed by atoms with Crippen LogP contribution in [-0.4, -0.2) is 28.1 Å². The van der Waals surface area contributed by atoms with Crippen LogP contribution in [0.25, 0.3) is 11.0 Å². The Kier molecular flexibility index (Phi) is 4.02. The molecular weight excluding hydrogens is 347 g/mol. The maximum Gasteiger partial charge on any atom is 0.139 e. The molecule has 1 aromatic heterocycles. The molecule has 1 fully saturated rings. The minimum Gasteiger partial charge on any atom is -0.376 e. The minimum atomic E-state index is -0.275. The number of ether oxygens (including phenoxy) is 1. The van der Waals surface area contributed by atoms with Gasteiger partial charge >= 0.3 is 0 Å². The summed E-state index contributed by atoms with van der Waals surface area (Å²) in [5.74, 6) is 1.12. The van der Waals surface area contributed by atoms with Crippen molar-refractivity contribution in [1.82, 2.24) is 9.55 Å². The van der Waals surface area contributed by atoms with Crippen LogP contribution in [0.15, 0.2) is 16.6 Å². The Bertz CT molecular complexity index is 646. The van der Waals surface area contributed by atoms with Gasteiger partial charge in [-0.1, -0.05) is 0 Å². The van der Waals surface area contributed by atoms with E-state index in [9.17, 15) is 4.39 Å². The van der Waals surface area contributed by atoms with Crippen molar-refractivity contribution in [3.8, 4) is 0 Å².